The van der Waals surface area contributed by atoms with Gasteiger partial charge in [0.05, 0.1) is 12.2 Å². The summed E-state index contributed by atoms with van der Waals surface area (Å²) in [7, 11) is 0. The molecule has 0 radical (unpaired) electrons. The molecule has 0 bridgehead atoms. The zero-order valence-corrected chi connectivity index (χ0v) is 8.00. The normalized spacial score (nSPS) is 12.1. The number of rotatable bonds is 3. The van der Waals surface area contributed by atoms with Crippen LogP contribution in [-0.2, 0) is 4.79 Å². The number of nitrogens with two attached hydrogens (primary N) is 1. The minimum atomic E-state index is -0.418. The fourth-order valence-corrected chi connectivity index (χ4v) is 0.785. The summed E-state index contributed by atoms with van der Waals surface area (Å²) in [5.74, 6) is 0.205. The number of carbonyl (C=O) groups is 1. The van der Waals surface area contributed by atoms with Crippen LogP contribution in [0.25, 0.3) is 0 Å². The number of aromatic nitrogens is 2. The van der Waals surface area contributed by atoms with E-state index in [0.717, 1.165) is 0 Å². The SMILES string of the molecule is CC(=O)C(C)Nc1ncc(N)c(=O)[nH]1. The summed E-state index contributed by atoms with van der Waals surface area (Å²) >= 11 is 0. The number of hydrogen-bond acceptors (Lipinski definition) is 5. The lowest BCUT2D eigenvalue weighted by atomic mass is 10.2. The topological polar surface area (TPSA) is 101 Å². The third kappa shape index (κ3) is 2.32. The quantitative estimate of drug-likeness (QED) is 0.618. The van der Waals surface area contributed by atoms with Crippen molar-refractivity contribution in [3.63, 3.8) is 0 Å². The molecule has 6 heteroatoms. The second-order valence-corrected chi connectivity index (χ2v) is 2.99. The first-order valence-corrected chi connectivity index (χ1v) is 4.12. The summed E-state index contributed by atoms with van der Waals surface area (Å²) < 4.78 is 0. The first-order chi connectivity index (χ1) is 6.50. The minimum absolute atomic E-state index is 0.0375. The summed E-state index contributed by atoms with van der Waals surface area (Å²) in [6.45, 7) is 3.13. The van der Waals surface area contributed by atoms with E-state index in [0.29, 0.717) is 0 Å². The van der Waals surface area contributed by atoms with Crippen LogP contribution in [0.3, 0.4) is 0 Å². The van der Waals surface area contributed by atoms with Crippen LogP contribution in [0.5, 0.6) is 0 Å². The number of carbonyl (C=O) groups excluding carboxylic acids is 1. The van der Waals surface area contributed by atoms with Crippen molar-refractivity contribution < 1.29 is 4.79 Å². The zero-order valence-electron chi connectivity index (χ0n) is 8.00. The van der Waals surface area contributed by atoms with Crippen molar-refractivity contribution in [1.82, 2.24) is 9.97 Å². The van der Waals surface area contributed by atoms with Crippen molar-refractivity contribution in [3.05, 3.63) is 16.6 Å². The summed E-state index contributed by atoms with van der Waals surface area (Å²) in [4.78, 5) is 28.2. The van der Waals surface area contributed by atoms with Gasteiger partial charge in [-0.3, -0.25) is 14.6 Å². The van der Waals surface area contributed by atoms with Gasteiger partial charge in [-0.05, 0) is 13.8 Å². The number of nitrogen functional groups attached to an aromatic ring is 1. The van der Waals surface area contributed by atoms with Gasteiger partial charge in [0.1, 0.15) is 5.69 Å². The minimum Gasteiger partial charge on any atom is -0.393 e. The average molecular weight is 196 g/mol. The summed E-state index contributed by atoms with van der Waals surface area (Å²) in [5.41, 5.74) is 4.91. The van der Waals surface area contributed by atoms with E-state index < -0.39 is 5.56 Å². The number of anilines is 2. The van der Waals surface area contributed by atoms with Gasteiger partial charge in [-0.15, -0.1) is 0 Å². The molecule has 1 atom stereocenters. The van der Waals surface area contributed by atoms with E-state index in [1.807, 2.05) is 0 Å². The Kier molecular flexibility index (Phi) is 2.85. The molecule has 76 valence electrons. The van der Waals surface area contributed by atoms with E-state index in [2.05, 4.69) is 15.3 Å². The van der Waals surface area contributed by atoms with Crippen LogP contribution in [0.2, 0.25) is 0 Å². The second kappa shape index (κ2) is 3.91. The van der Waals surface area contributed by atoms with Gasteiger partial charge < -0.3 is 11.1 Å². The number of hydrogen-bond donors (Lipinski definition) is 3. The third-order valence-electron chi connectivity index (χ3n) is 1.79. The molecule has 1 unspecified atom stereocenters. The predicted octanol–water partition coefficient (Wildman–Crippen LogP) is -0.259. The standard InChI is InChI=1S/C8H12N4O2/c1-4(5(2)13)11-8-10-3-6(9)7(14)12-8/h3-4H,9H2,1-2H3,(H2,10,11,12,14). The van der Waals surface area contributed by atoms with Crippen LogP contribution in [0.4, 0.5) is 11.6 Å². The Morgan fingerprint density at radius 3 is 2.86 bits per heavy atom. The maximum atomic E-state index is 11.0. The van der Waals surface area contributed by atoms with Crippen LogP contribution < -0.4 is 16.6 Å². The highest BCUT2D eigenvalue weighted by Gasteiger charge is 2.08. The first-order valence-electron chi connectivity index (χ1n) is 4.12. The molecule has 0 spiro atoms. The van der Waals surface area contributed by atoms with Crippen molar-refractivity contribution >= 4 is 17.4 Å². The fourth-order valence-electron chi connectivity index (χ4n) is 0.785. The van der Waals surface area contributed by atoms with Gasteiger partial charge in [-0.2, -0.15) is 0 Å². The summed E-state index contributed by atoms with van der Waals surface area (Å²) in [5, 5.41) is 2.74. The van der Waals surface area contributed by atoms with E-state index >= 15 is 0 Å². The Bertz CT molecular complexity index is 399. The van der Waals surface area contributed by atoms with Gasteiger partial charge in [0.15, 0.2) is 5.78 Å². The van der Waals surface area contributed by atoms with Crippen molar-refractivity contribution in [3.8, 4) is 0 Å². The van der Waals surface area contributed by atoms with Crippen LogP contribution in [0.15, 0.2) is 11.0 Å². The van der Waals surface area contributed by atoms with Crippen molar-refractivity contribution in [2.24, 2.45) is 0 Å². The molecule has 0 aliphatic heterocycles. The summed E-state index contributed by atoms with van der Waals surface area (Å²) in [6.07, 6.45) is 1.24. The summed E-state index contributed by atoms with van der Waals surface area (Å²) in [6, 6.07) is -0.387. The fraction of sp³-hybridized carbons (Fsp3) is 0.375. The number of ketones is 1. The molecule has 0 fully saturated rings. The number of H-pyrrole nitrogens is 1. The Balaban J connectivity index is 2.83. The van der Waals surface area contributed by atoms with Crippen molar-refractivity contribution in [1.29, 1.82) is 0 Å². The molecule has 0 aliphatic rings. The Morgan fingerprint density at radius 2 is 2.36 bits per heavy atom. The van der Waals surface area contributed by atoms with Gasteiger partial charge in [0, 0.05) is 0 Å². The lowest BCUT2D eigenvalue weighted by Gasteiger charge is -2.09. The number of aromatic amines is 1. The van der Waals surface area contributed by atoms with Crippen LogP contribution in [0, 0.1) is 0 Å². The van der Waals surface area contributed by atoms with Gasteiger partial charge in [0.2, 0.25) is 5.95 Å². The molecule has 14 heavy (non-hydrogen) atoms. The Morgan fingerprint density at radius 1 is 1.71 bits per heavy atom. The van der Waals surface area contributed by atoms with E-state index in [9.17, 15) is 9.59 Å². The Hall–Kier alpha value is -1.85. The maximum absolute atomic E-state index is 11.0. The molecule has 0 saturated carbocycles. The highest BCUT2D eigenvalue weighted by molar-refractivity contribution is 5.83. The molecule has 0 aliphatic carbocycles. The smallest absolute Gasteiger partial charge is 0.275 e. The molecule has 1 aromatic rings. The van der Waals surface area contributed by atoms with Crippen LogP contribution in [-0.4, -0.2) is 21.8 Å². The molecule has 4 N–H and O–H groups in total. The van der Waals surface area contributed by atoms with Gasteiger partial charge >= 0.3 is 0 Å². The largest absolute Gasteiger partial charge is 0.393 e. The lowest BCUT2D eigenvalue weighted by molar-refractivity contribution is -0.117. The maximum Gasteiger partial charge on any atom is 0.275 e. The average Bonchev–Trinajstić information content (AvgIpc) is 2.11. The van der Waals surface area contributed by atoms with Crippen LogP contribution >= 0.6 is 0 Å². The van der Waals surface area contributed by atoms with E-state index in [4.69, 9.17) is 5.73 Å². The molecule has 1 heterocycles. The molecule has 0 aromatic carbocycles. The zero-order chi connectivity index (χ0) is 10.7. The van der Waals surface area contributed by atoms with Crippen molar-refractivity contribution in [2.75, 3.05) is 11.1 Å². The number of nitrogens with zero attached hydrogens (tertiary/aromatic N) is 1. The number of nitrogens with one attached hydrogen (secondary N) is 2. The molecule has 0 amide bonds. The first kappa shape index (κ1) is 10.2. The van der Waals surface area contributed by atoms with E-state index in [-0.39, 0.29) is 23.5 Å². The van der Waals surface area contributed by atoms with Crippen molar-refractivity contribution in [2.45, 2.75) is 19.9 Å². The van der Waals surface area contributed by atoms with Crippen LogP contribution in [0.1, 0.15) is 13.8 Å². The predicted molar refractivity (Wildman–Crippen MR) is 53.0 cm³/mol. The second-order valence-electron chi connectivity index (χ2n) is 2.99. The monoisotopic (exact) mass is 196 g/mol. The lowest BCUT2D eigenvalue weighted by Crippen LogP contribution is -2.26. The van der Waals surface area contributed by atoms with Gasteiger partial charge in [0.25, 0.3) is 5.56 Å². The van der Waals surface area contributed by atoms with E-state index in [1.165, 1.54) is 13.1 Å². The number of Topliss-reactive ketones (excluding diaryl/α,β-unsaturated/α-hetero) is 1. The molecule has 6 nitrogen and oxygen atoms in total. The van der Waals surface area contributed by atoms with E-state index in [1.54, 1.807) is 6.92 Å². The molecule has 1 rings (SSSR count). The Labute approximate surface area is 80.5 Å². The van der Waals surface area contributed by atoms with Gasteiger partial charge in [-0.1, -0.05) is 0 Å². The molecule has 1 aromatic heterocycles. The molecular formula is C8H12N4O2. The molecular weight excluding hydrogens is 184 g/mol. The molecule has 0 saturated heterocycles. The highest BCUT2D eigenvalue weighted by atomic mass is 16.1. The highest BCUT2D eigenvalue weighted by Crippen LogP contribution is 1.98. The third-order valence-corrected chi connectivity index (χ3v) is 1.79. The van der Waals surface area contributed by atoms with Gasteiger partial charge in [-0.25, -0.2) is 4.98 Å².